The van der Waals surface area contributed by atoms with Crippen LogP contribution in [-0.4, -0.2) is 18.1 Å². The Morgan fingerprint density at radius 2 is 1.86 bits per heavy atom. The number of methoxy groups -OCH3 is 1. The molecule has 0 saturated carbocycles. The lowest BCUT2D eigenvalue weighted by Gasteiger charge is -2.16. The van der Waals surface area contributed by atoms with Gasteiger partial charge < -0.3 is 18.8 Å². The average Bonchev–Trinajstić information content (AvgIpc) is 2.73. The Bertz CT molecular complexity index is 1010. The van der Waals surface area contributed by atoms with Crippen LogP contribution in [0.1, 0.15) is 25.3 Å². The molecule has 0 bridgehead atoms. The van der Waals surface area contributed by atoms with E-state index in [4.69, 9.17) is 14.2 Å². The van der Waals surface area contributed by atoms with E-state index in [1.807, 2.05) is 55.5 Å². The van der Waals surface area contributed by atoms with Gasteiger partial charge in [-0.3, -0.25) is 9.59 Å². The van der Waals surface area contributed by atoms with E-state index in [0.29, 0.717) is 29.8 Å². The van der Waals surface area contributed by atoms with Crippen molar-refractivity contribution in [2.45, 2.75) is 32.9 Å². The maximum Gasteiger partial charge on any atom is 0.298 e. The Balaban J connectivity index is 2.07. The first kappa shape index (κ1) is 19.5. The second-order valence-electron chi connectivity index (χ2n) is 6.34. The van der Waals surface area contributed by atoms with E-state index >= 15 is 0 Å². The predicted octanol–water partition coefficient (Wildman–Crippen LogP) is 3.92. The van der Waals surface area contributed by atoms with E-state index in [1.165, 1.54) is 7.11 Å². The zero-order chi connectivity index (χ0) is 19.9. The lowest BCUT2D eigenvalue weighted by molar-refractivity contribution is -0.120. The van der Waals surface area contributed by atoms with Gasteiger partial charge in [-0.15, -0.1) is 0 Å². The van der Waals surface area contributed by atoms with Crippen LogP contribution < -0.4 is 19.8 Å². The highest BCUT2D eigenvalue weighted by Gasteiger charge is 2.19. The Morgan fingerprint density at radius 3 is 2.54 bits per heavy atom. The number of hydrogen-bond donors (Lipinski definition) is 0. The first-order valence-corrected chi connectivity index (χ1v) is 9.21. The molecule has 6 heteroatoms. The van der Waals surface area contributed by atoms with E-state index in [2.05, 4.69) is 0 Å². The minimum atomic E-state index is -0.398. The minimum absolute atomic E-state index is 0.0981. The summed E-state index contributed by atoms with van der Waals surface area (Å²) < 4.78 is 17.8. The minimum Gasteiger partial charge on any atom is -0.492 e. The zero-order valence-corrected chi connectivity index (χ0v) is 16.0. The molecule has 0 amide bonds. The maximum absolute atomic E-state index is 12.9. The van der Waals surface area contributed by atoms with Crippen molar-refractivity contribution in [2.75, 3.05) is 7.11 Å². The molecule has 0 aliphatic heterocycles. The normalized spacial score (nSPS) is 10.6. The summed E-state index contributed by atoms with van der Waals surface area (Å²) in [6.07, 6.45) is 1.74. The van der Waals surface area contributed by atoms with E-state index in [9.17, 15) is 9.59 Å². The number of unbranched alkanes of at least 4 members (excludes halogenated alkanes) is 1. The number of hydrogen-bond acceptors (Lipinski definition) is 5. The fourth-order valence-corrected chi connectivity index (χ4v) is 3.10. The summed E-state index contributed by atoms with van der Waals surface area (Å²) in [4.78, 5) is 23.8. The average molecular weight is 381 g/mol. The summed E-state index contributed by atoms with van der Waals surface area (Å²) in [5.41, 5.74) is 1.34. The zero-order valence-electron chi connectivity index (χ0n) is 16.0. The van der Waals surface area contributed by atoms with Crippen LogP contribution in [-0.2, 0) is 17.9 Å². The SMILES string of the molecule is CCCCn1c(=O)c(OC=O)c(OC)c2ccc(OCc3ccccc3)cc21. The quantitative estimate of drug-likeness (QED) is 0.526. The predicted molar refractivity (Wildman–Crippen MR) is 107 cm³/mol. The highest BCUT2D eigenvalue weighted by Crippen LogP contribution is 2.34. The largest absolute Gasteiger partial charge is 0.492 e. The number of nitrogens with zero attached hydrogens (tertiary/aromatic N) is 1. The summed E-state index contributed by atoms with van der Waals surface area (Å²) >= 11 is 0. The van der Waals surface area contributed by atoms with Crippen LogP contribution >= 0.6 is 0 Å². The van der Waals surface area contributed by atoms with Crippen molar-refractivity contribution in [2.24, 2.45) is 0 Å². The number of aromatic nitrogens is 1. The van der Waals surface area contributed by atoms with Gasteiger partial charge in [0, 0.05) is 18.0 Å². The van der Waals surface area contributed by atoms with Gasteiger partial charge in [-0.2, -0.15) is 0 Å². The van der Waals surface area contributed by atoms with Crippen molar-refractivity contribution < 1.29 is 19.0 Å². The highest BCUT2D eigenvalue weighted by atomic mass is 16.5. The van der Waals surface area contributed by atoms with Crippen molar-refractivity contribution in [1.82, 2.24) is 4.57 Å². The van der Waals surface area contributed by atoms with Gasteiger partial charge in [0.1, 0.15) is 12.4 Å². The van der Waals surface area contributed by atoms with Crippen LogP contribution in [0.15, 0.2) is 53.3 Å². The van der Waals surface area contributed by atoms with Gasteiger partial charge in [0.15, 0.2) is 5.75 Å². The molecule has 146 valence electrons. The molecule has 0 N–H and O–H groups in total. The molecule has 3 rings (SSSR count). The lowest BCUT2D eigenvalue weighted by Crippen LogP contribution is -2.23. The molecule has 0 saturated heterocycles. The number of rotatable bonds is 9. The van der Waals surface area contributed by atoms with Crippen LogP contribution in [0.5, 0.6) is 17.2 Å². The standard InChI is InChI=1S/C22H23NO5/c1-3-4-12-23-19-13-17(27-14-16-8-6-5-7-9-16)10-11-18(19)20(26-2)21(22(23)25)28-15-24/h5-11,13,15H,3-4,12,14H2,1-2H3. The third kappa shape index (κ3) is 4.01. The number of ether oxygens (including phenoxy) is 3. The van der Waals surface area contributed by atoms with Crippen molar-refractivity contribution in [1.29, 1.82) is 0 Å². The van der Waals surface area contributed by atoms with Crippen molar-refractivity contribution >= 4 is 17.4 Å². The van der Waals surface area contributed by atoms with Crippen LogP contribution in [0.25, 0.3) is 10.9 Å². The third-order valence-corrected chi connectivity index (χ3v) is 4.50. The monoisotopic (exact) mass is 381 g/mol. The van der Waals surface area contributed by atoms with Crippen LogP contribution in [0, 0.1) is 0 Å². The number of carbonyl (C=O) groups excluding carboxylic acids is 1. The number of benzene rings is 2. The second-order valence-corrected chi connectivity index (χ2v) is 6.34. The molecule has 0 aliphatic carbocycles. The highest BCUT2D eigenvalue weighted by molar-refractivity contribution is 5.89. The number of aryl methyl sites for hydroxylation is 1. The lowest BCUT2D eigenvalue weighted by atomic mass is 10.1. The fourth-order valence-electron chi connectivity index (χ4n) is 3.10. The maximum atomic E-state index is 12.9. The fraction of sp³-hybridized carbons (Fsp3) is 0.273. The molecule has 2 aromatic carbocycles. The molecule has 3 aromatic rings. The molecule has 0 spiro atoms. The first-order valence-electron chi connectivity index (χ1n) is 9.21. The van der Waals surface area contributed by atoms with Crippen LogP contribution in [0.3, 0.4) is 0 Å². The molecule has 6 nitrogen and oxygen atoms in total. The van der Waals surface area contributed by atoms with Crippen LogP contribution in [0.4, 0.5) is 0 Å². The Hall–Kier alpha value is -3.28. The topological polar surface area (TPSA) is 66.8 Å². The number of pyridine rings is 1. The number of carbonyl (C=O) groups is 1. The first-order chi connectivity index (χ1) is 13.7. The van der Waals surface area contributed by atoms with Gasteiger partial charge in [-0.1, -0.05) is 43.7 Å². The smallest absolute Gasteiger partial charge is 0.298 e. The molecular formula is C22H23NO5. The van der Waals surface area contributed by atoms with Crippen LogP contribution in [0.2, 0.25) is 0 Å². The van der Waals surface area contributed by atoms with E-state index in [-0.39, 0.29) is 18.0 Å². The molecule has 0 fully saturated rings. The summed E-state index contributed by atoms with van der Waals surface area (Å²) in [6.45, 7) is 3.22. The summed E-state index contributed by atoms with van der Waals surface area (Å²) in [5, 5.41) is 0.683. The Labute approximate surface area is 163 Å². The molecule has 28 heavy (non-hydrogen) atoms. The molecule has 0 aliphatic rings. The molecule has 0 atom stereocenters. The number of fused-ring (bicyclic) bond motifs is 1. The van der Waals surface area contributed by atoms with E-state index in [0.717, 1.165) is 18.4 Å². The summed E-state index contributed by atoms with van der Waals surface area (Å²) in [6, 6.07) is 15.3. The van der Waals surface area contributed by atoms with E-state index in [1.54, 1.807) is 4.57 Å². The molecule has 1 heterocycles. The van der Waals surface area contributed by atoms with Gasteiger partial charge in [0.05, 0.1) is 12.6 Å². The summed E-state index contributed by atoms with van der Waals surface area (Å²) in [5.74, 6) is 0.792. The molecule has 0 unspecified atom stereocenters. The van der Waals surface area contributed by atoms with Gasteiger partial charge in [-0.05, 0) is 24.1 Å². The van der Waals surface area contributed by atoms with Crippen molar-refractivity contribution in [3.63, 3.8) is 0 Å². The molecule has 0 radical (unpaired) electrons. The van der Waals surface area contributed by atoms with E-state index < -0.39 is 5.56 Å². The Kier molecular flexibility index (Phi) is 6.32. The van der Waals surface area contributed by atoms with Crippen molar-refractivity contribution in [3.8, 4) is 17.2 Å². The van der Waals surface area contributed by atoms with Gasteiger partial charge in [0.2, 0.25) is 5.75 Å². The third-order valence-electron chi connectivity index (χ3n) is 4.50. The van der Waals surface area contributed by atoms with Gasteiger partial charge >= 0.3 is 0 Å². The van der Waals surface area contributed by atoms with Crippen molar-refractivity contribution in [3.05, 3.63) is 64.4 Å². The van der Waals surface area contributed by atoms with Gasteiger partial charge in [-0.25, -0.2) is 0 Å². The Morgan fingerprint density at radius 1 is 1.07 bits per heavy atom. The molecular weight excluding hydrogens is 358 g/mol. The second kappa shape index (κ2) is 9.08. The molecule has 1 aromatic heterocycles. The summed E-state index contributed by atoms with van der Waals surface area (Å²) in [7, 11) is 1.45. The van der Waals surface area contributed by atoms with Gasteiger partial charge in [0.25, 0.3) is 12.0 Å².